The summed E-state index contributed by atoms with van der Waals surface area (Å²) in [5, 5.41) is 26.9. The van der Waals surface area contributed by atoms with E-state index in [1.807, 2.05) is 0 Å². The second kappa shape index (κ2) is 18.8. The van der Waals surface area contributed by atoms with E-state index in [0.29, 0.717) is 54.7 Å². The van der Waals surface area contributed by atoms with E-state index in [2.05, 4.69) is 67.9 Å². The van der Waals surface area contributed by atoms with Crippen LogP contribution in [-0.4, -0.2) is 109 Å². The van der Waals surface area contributed by atoms with Gasteiger partial charge in [-0.05, 0) is 130 Å². The highest BCUT2D eigenvalue weighted by molar-refractivity contribution is 7.92. The number of rotatable bonds is 13. The van der Waals surface area contributed by atoms with Gasteiger partial charge < -0.3 is 34.5 Å². The number of carbonyl (C=O) groups excluding carboxylic acids is 1. The summed E-state index contributed by atoms with van der Waals surface area (Å²) in [6, 6.07) is 20.0. The number of likely N-dealkylation sites (tertiary alicyclic amines) is 1. The van der Waals surface area contributed by atoms with Crippen LogP contribution in [0.5, 0.6) is 23.1 Å². The van der Waals surface area contributed by atoms with Crippen molar-refractivity contribution in [2.24, 2.45) is 11.3 Å². The average molecular weight is 1040 g/mol. The monoisotopic (exact) mass is 1040 g/mol. The molecule has 0 unspecified atom stereocenters. The number of ether oxygens (including phenoxy) is 3. The van der Waals surface area contributed by atoms with Crippen LogP contribution in [0.4, 0.5) is 17.1 Å². The summed E-state index contributed by atoms with van der Waals surface area (Å²) in [5.74, 6) is -0.925. The molecule has 5 aromatic rings. The summed E-state index contributed by atoms with van der Waals surface area (Å²) in [4.78, 5) is 38.3. The van der Waals surface area contributed by atoms with Gasteiger partial charge >= 0.3 is 0 Å². The van der Waals surface area contributed by atoms with Gasteiger partial charge in [-0.25, -0.2) is 21.6 Å². The molecule has 1 amide bonds. The molecule has 11 rings (SSSR count). The lowest BCUT2D eigenvalue weighted by Gasteiger charge is -2.56. The molecule has 4 N–H and O–H groups in total. The normalized spacial score (nSPS) is 25.1. The summed E-state index contributed by atoms with van der Waals surface area (Å²) >= 11 is 0. The second-order valence-corrected chi connectivity index (χ2v) is 25.8. The molecule has 18 nitrogen and oxygen atoms in total. The van der Waals surface area contributed by atoms with E-state index < -0.39 is 53.0 Å². The molecule has 73 heavy (non-hydrogen) atoms. The van der Waals surface area contributed by atoms with Gasteiger partial charge in [0.25, 0.3) is 27.5 Å². The fourth-order valence-corrected chi connectivity index (χ4v) is 14.5. The Morgan fingerprint density at radius 3 is 2.47 bits per heavy atom. The van der Waals surface area contributed by atoms with Crippen LogP contribution in [0.25, 0.3) is 11.0 Å². The van der Waals surface area contributed by atoms with Crippen molar-refractivity contribution >= 4 is 53.9 Å². The number of anilines is 2. The van der Waals surface area contributed by atoms with Crippen LogP contribution >= 0.6 is 0 Å². The first kappa shape index (κ1) is 49.3. The third-order valence-corrected chi connectivity index (χ3v) is 19.6. The minimum absolute atomic E-state index is 0.0146. The number of fused-ring (bicyclic) bond motifs is 2. The van der Waals surface area contributed by atoms with Gasteiger partial charge in [0.1, 0.15) is 24.1 Å². The van der Waals surface area contributed by atoms with Crippen molar-refractivity contribution in [3.63, 3.8) is 0 Å². The van der Waals surface area contributed by atoms with E-state index in [0.717, 1.165) is 63.1 Å². The van der Waals surface area contributed by atoms with Gasteiger partial charge in [0.15, 0.2) is 27.0 Å². The third-order valence-electron chi connectivity index (χ3n) is 16.5. The van der Waals surface area contributed by atoms with Gasteiger partial charge in [0, 0.05) is 60.6 Å². The van der Waals surface area contributed by atoms with Gasteiger partial charge in [-0.3, -0.25) is 19.8 Å². The molecule has 5 fully saturated rings. The topological polar surface area (TPSA) is 236 Å². The van der Waals surface area contributed by atoms with E-state index in [1.165, 1.54) is 30.0 Å². The largest absolute Gasteiger partial charge is 0.489 e. The molecule has 1 spiro atoms. The lowest BCUT2D eigenvalue weighted by molar-refractivity contribution is -0.384. The number of nitro groups is 1. The van der Waals surface area contributed by atoms with Gasteiger partial charge in [0.05, 0.1) is 38.5 Å². The molecule has 3 saturated heterocycles. The average Bonchev–Trinajstić information content (AvgIpc) is 4.02. The van der Waals surface area contributed by atoms with E-state index in [-0.39, 0.29) is 69.9 Å². The predicted molar refractivity (Wildman–Crippen MR) is 275 cm³/mol. The fourth-order valence-electron chi connectivity index (χ4n) is 12.4. The number of pyridine rings is 1. The highest BCUT2D eigenvalue weighted by Gasteiger charge is 2.50. The number of aromatic nitrogens is 2. The highest BCUT2D eigenvalue weighted by atomic mass is 32.2. The van der Waals surface area contributed by atoms with Crippen LogP contribution in [0.15, 0.2) is 77.8 Å². The molecule has 6 heterocycles. The number of nitrogens with one attached hydrogen (secondary N) is 3. The first-order chi connectivity index (χ1) is 34.8. The quantitative estimate of drug-likeness (QED) is 0.0640. The number of H-pyrrole nitrogens is 1. The Balaban J connectivity index is 0.846. The van der Waals surface area contributed by atoms with Gasteiger partial charge in [-0.2, -0.15) is 4.98 Å². The standard InChI is InChI=1S/C53H63N7O11S2/c1-32(2)39-7-4-5-8-40(39)43-9-6-20-59(43)36-27-53(28-36)17-21-58(22-18-53)35-10-11-41(45(24-35)71-47-23-34-14-19-54-49(34)56-51(47)70-37-30-72(65,66)31-37)50(61)57-73(67,68)38-25-44(60(63)64)48-46(26-38)69-29-42(55-48)33-12-15-52(3,62)16-13-33/h4-5,7-8,10-11,14,19,23-26,32-33,36-37,42-43,55,62H,6,9,12-13,15-18,20-22,27-31H2,1-3H3,(H,54,56)(H,57,61)/t33?,42-,43-,52?/m1/s1. The number of hydrogen-bond acceptors (Lipinski definition) is 15. The second-order valence-electron chi connectivity index (χ2n) is 21.9. The number of aromatic amines is 1. The first-order valence-electron chi connectivity index (χ1n) is 25.6. The molecule has 3 aromatic carbocycles. The number of amides is 1. The number of nitro benzene ring substituents is 1. The van der Waals surface area contributed by atoms with Crippen molar-refractivity contribution < 1.29 is 45.9 Å². The predicted octanol–water partition coefficient (Wildman–Crippen LogP) is 8.38. The fraction of sp³-hybridized carbons (Fsp3) is 0.509. The Morgan fingerprint density at radius 1 is 0.986 bits per heavy atom. The molecule has 4 aliphatic heterocycles. The lowest BCUT2D eigenvalue weighted by Crippen LogP contribution is -2.54. The number of carbonyl (C=O) groups is 1. The molecule has 0 bridgehead atoms. The van der Waals surface area contributed by atoms with Gasteiger partial charge in [-0.1, -0.05) is 38.1 Å². The maximum absolute atomic E-state index is 14.4. The molecule has 0 radical (unpaired) electrons. The highest BCUT2D eigenvalue weighted by Crippen LogP contribution is 2.55. The number of aliphatic hydroxyl groups is 1. The Bertz CT molecular complexity index is 3180. The van der Waals surface area contributed by atoms with Crippen LogP contribution in [0, 0.1) is 21.4 Å². The zero-order chi connectivity index (χ0) is 51.0. The summed E-state index contributed by atoms with van der Waals surface area (Å²) in [5.41, 5.74) is 2.92. The van der Waals surface area contributed by atoms with E-state index in [1.54, 1.807) is 37.4 Å². The Morgan fingerprint density at radius 2 is 1.74 bits per heavy atom. The summed E-state index contributed by atoms with van der Waals surface area (Å²) in [6.45, 7) is 9.08. The molecule has 2 aromatic heterocycles. The van der Waals surface area contributed by atoms with Crippen molar-refractivity contribution in [2.75, 3.05) is 48.0 Å². The molecular weight excluding hydrogens is 975 g/mol. The van der Waals surface area contributed by atoms with Crippen molar-refractivity contribution in [3.8, 4) is 23.1 Å². The third kappa shape index (κ3) is 9.82. The molecule has 2 saturated carbocycles. The van der Waals surface area contributed by atoms with Crippen LogP contribution in [-0.2, 0) is 19.9 Å². The maximum Gasteiger partial charge on any atom is 0.297 e. The summed E-state index contributed by atoms with van der Waals surface area (Å²) in [6.07, 6.45) is 10.1. The minimum atomic E-state index is -4.77. The first-order valence-corrected chi connectivity index (χ1v) is 28.9. The Hall–Kier alpha value is -5.96. The van der Waals surface area contributed by atoms with Gasteiger partial charge in [-0.15, -0.1) is 0 Å². The van der Waals surface area contributed by atoms with E-state index >= 15 is 0 Å². The molecular formula is C53H63N7O11S2. The smallest absolute Gasteiger partial charge is 0.297 e. The van der Waals surface area contributed by atoms with E-state index in [4.69, 9.17) is 14.2 Å². The molecule has 20 heteroatoms. The number of sulfone groups is 1. The van der Waals surface area contributed by atoms with E-state index in [9.17, 15) is 36.9 Å². The molecule has 2 atom stereocenters. The number of piperidine rings is 1. The zero-order valence-corrected chi connectivity index (χ0v) is 43.0. The number of nitrogens with zero attached hydrogens (tertiary/aromatic N) is 4. The number of benzene rings is 3. The molecule has 2 aliphatic carbocycles. The van der Waals surface area contributed by atoms with Gasteiger partial charge in [0.2, 0.25) is 0 Å². The van der Waals surface area contributed by atoms with Crippen molar-refractivity contribution in [1.82, 2.24) is 19.6 Å². The lowest BCUT2D eigenvalue weighted by atomic mass is 9.59. The summed E-state index contributed by atoms with van der Waals surface area (Å²) < 4.78 is 73.3. The van der Waals surface area contributed by atoms with Crippen LogP contribution in [0.2, 0.25) is 0 Å². The minimum Gasteiger partial charge on any atom is -0.489 e. The Kier molecular flexibility index (Phi) is 12.7. The van der Waals surface area contributed by atoms with Crippen molar-refractivity contribution in [2.45, 2.75) is 126 Å². The van der Waals surface area contributed by atoms with Crippen LogP contribution in [0.1, 0.15) is 118 Å². The molecule has 6 aliphatic rings. The number of hydrogen-bond donors (Lipinski definition) is 4. The van der Waals surface area contributed by atoms with Crippen molar-refractivity contribution in [1.29, 1.82) is 0 Å². The molecule has 388 valence electrons. The SMILES string of the molecule is CC(C)c1ccccc1[C@H]1CCCN1C1CC2(CCN(c3ccc(C(=O)NS(=O)(=O)c4cc5c(c([N+](=O)[O-])c4)N[C@@H](C4CCC(C)(O)CC4)CO5)c(Oc4cc5cc[nH]c5nc4OC4CS(=O)(=O)C4)c3)CC2)C1. The summed E-state index contributed by atoms with van der Waals surface area (Å²) in [7, 11) is -8.03. The number of sulfonamides is 1. The zero-order valence-electron chi connectivity index (χ0n) is 41.3. The maximum atomic E-state index is 14.4. The van der Waals surface area contributed by atoms with Crippen molar-refractivity contribution in [3.05, 3.63) is 99.7 Å². The van der Waals surface area contributed by atoms with Crippen LogP contribution < -0.4 is 29.1 Å². The Labute approximate surface area is 425 Å². The van der Waals surface area contributed by atoms with Crippen LogP contribution in [0.3, 0.4) is 0 Å².